The van der Waals surface area contributed by atoms with Gasteiger partial charge in [-0.1, -0.05) is 25.5 Å². The molecule has 4 heteroatoms. The van der Waals surface area contributed by atoms with E-state index >= 15 is 0 Å². The number of nitrogens with zero attached hydrogens (tertiary/aromatic N) is 2. The van der Waals surface area contributed by atoms with Crippen molar-refractivity contribution in [2.24, 2.45) is 0 Å². The zero-order valence-electron chi connectivity index (χ0n) is 11.4. The first-order valence-corrected chi connectivity index (χ1v) is 6.99. The molecule has 1 aliphatic rings. The van der Waals surface area contributed by atoms with Crippen LogP contribution in [0.25, 0.3) is 0 Å². The average Bonchev–Trinajstić information content (AvgIpc) is 2.45. The number of benzene rings is 1. The minimum Gasteiger partial charge on any atom is -0.366 e. The topological polar surface area (TPSA) is 23.6 Å². The Hall–Kier alpha value is -1.58. The summed E-state index contributed by atoms with van der Waals surface area (Å²) in [6.07, 6.45) is 2.63. The standard InChI is InChI=1S/C15H21FN2O/c1-2-3-8-15(19)18-11-9-17(10-12-18)14-7-5-4-6-13(14)16/h4-7H,2-3,8-12H2,1H3. The molecule has 0 spiro atoms. The lowest BCUT2D eigenvalue weighted by Gasteiger charge is -2.36. The predicted octanol–water partition coefficient (Wildman–Crippen LogP) is 2.66. The number of hydrogen-bond acceptors (Lipinski definition) is 2. The van der Waals surface area contributed by atoms with Gasteiger partial charge in [-0.25, -0.2) is 4.39 Å². The third-order valence-corrected chi connectivity index (χ3v) is 3.57. The molecule has 104 valence electrons. The maximum Gasteiger partial charge on any atom is 0.222 e. The average molecular weight is 264 g/mol. The van der Waals surface area contributed by atoms with Crippen LogP contribution in [0.5, 0.6) is 0 Å². The van der Waals surface area contributed by atoms with E-state index in [0.717, 1.165) is 12.8 Å². The SMILES string of the molecule is CCCCC(=O)N1CCN(c2ccccc2F)CC1. The first-order valence-electron chi connectivity index (χ1n) is 6.99. The van der Waals surface area contributed by atoms with Crippen LogP contribution in [-0.4, -0.2) is 37.0 Å². The number of piperazine rings is 1. The molecule has 1 heterocycles. The van der Waals surface area contributed by atoms with Crippen molar-refractivity contribution in [2.75, 3.05) is 31.1 Å². The quantitative estimate of drug-likeness (QED) is 0.834. The van der Waals surface area contributed by atoms with Crippen LogP contribution < -0.4 is 4.90 Å². The summed E-state index contributed by atoms with van der Waals surface area (Å²) in [6.45, 7) is 4.88. The second-order valence-electron chi connectivity index (χ2n) is 4.92. The van der Waals surface area contributed by atoms with Gasteiger partial charge in [0.2, 0.25) is 5.91 Å². The Bertz CT molecular complexity index is 428. The van der Waals surface area contributed by atoms with Crippen molar-refractivity contribution in [1.82, 2.24) is 4.90 Å². The third kappa shape index (κ3) is 3.46. The van der Waals surface area contributed by atoms with Crippen molar-refractivity contribution < 1.29 is 9.18 Å². The van der Waals surface area contributed by atoms with E-state index < -0.39 is 0 Å². The highest BCUT2D eigenvalue weighted by atomic mass is 19.1. The van der Waals surface area contributed by atoms with E-state index in [1.54, 1.807) is 12.1 Å². The molecule has 0 saturated carbocycles. The van der Waals surface area contributed by atoms with Gasteiger partial charge in [-0.3, -0.25) is 4.79 Å². The van der Waals surface area contributed by atoms with Gasteiger partial charge >= 0.3 is 0 Å². The van der Waals surface area contributed by atoms with Crippen LogP contribution in [0.1, 0.15) is 26.2 Å². The van der Waals surface area contributed by atoms with Crippen molar-refractivity contribution >= 4 is 11.6 Å². The highest BCUT2D eigenvalue weighted by molar-refractivity contribution is 5.76. The molecule has 0 aromatic heterocycles. The van der Waals surface area contributed by atoms with Gasteiger partial charge in [-0.05, 0) is 18.6 Å². The van der Waals surface area contributed by atoms with Crippen LogP contribution in [0, 0.1) is 5.82 Å². The fourth-order valence-electron chi connectivity index (χ4n) is 2.39. The molecule has 1 fully saturated rings. The van der Waals surface area contributed by atoms with Gasteiger partial charge in [0.1, 0.15) is 5.82 Å². The van der Waals surface area contributed by atoms with Gasteiger partial charge in [0.15, 0.2) is 0 Å². The van der Waals surface area contributed by atoms with Crippen LogP contribution in [-0.2, 0) is 4.79 Å². The lowest BCUT2D eigenvalue weighted by molar-refractivity contribution is -0.131. The second-order valence-corrected chi connectivity index (χ2v) is 4.92. The van der Waals surface area contributed by atoms with E-state index in [1.807, 2.05) is 15.9 Å². The number of carbonyl (C=O) groups is 1. The van der Waals surface area contributed by atoms with E-state index in [9.17, 15) is 9.18 Å². The minimum atomic E-state index is -0.187. The van der Waals surface area contributed by atoms with Crippen molar-refractivity contribution in [2.45, 2.75) is 26.2 Å². The summed E-state index contributed by atoms with van der Waals surface area (Å²) < 4.78 is 13.7. The zero-order valence-corrected chi connectivity index (χ0v) is 11.4. The molecule has 0 aliphatic carbocycles. The largest absolute Gasteiger partial charge is 0.366 e. The molecule has 0 radical (unpaired) electrons. The number of carbonyl (C=O) groups excluding carboxylic acids is 1. The van der Waals surface area contributed by atoms with E-state index in [1.165, 1.54) is 6.07 Å². The maximum absolute atomic E-state index is 13.7. The lowest BCUT2D eigenvalue weighted by Crippen LogP contribution is -2.49. The number of para-hydroxylation sites is 1. The van der Waals surface area contributed by atoms with Gasteiger partial charge in [0, 0.05) is 32.6 Å². The highest BCUT2D eigenvalue weighted by Gasteiger charge is 2.21. The maximum atomic E-state index is 13.7. The van der Waals surface area contributed by atoms with E-state index in [2.05, 4.69) is 6.92 Å². The van der Waals surface area contributed by atoms with Crippen molar-refractivity contribution in [1.29, 1.82) is 0 Å². The molecule has 1 saturated heterocycles. The number of amides is 1. The molecule has 0 atom stereocenters. The van der Waals surface area contributed by atoms with Crippen LogP contribution >= 0.6 is 0 Å². The Labute approximate surface area is 114 Å². The van der Waals surface area contributed by atoms with E-state index in [-0.39, 0.29) is 11.7 Å². The normalized spacial score (nSPS) is 15.7. The zero-order chi connectivity index (χ0) is 13.7. The molecule has 0 unspecified atom stereocenters. The summed E-state index contributed by atoms with van der Waals surface area (Å²) >= 11 is 0. The summed E-state index contributed by atoms with van der Waals surface area (Å²) in [7, 11) is 0. The Balaban J connectivity index is 1.89. The van der Waals surface area contributed by atoms with Gasteiger partial charge in [0.25, 0.3) is 0 Å². The lowest BCUT2D eigenvalue weighted by atomic mass is 10.2. The smallest absolute Gasteiger partial charge is 0.222 e. The number of rotatable bonds is 4. The summed E-state index contributed by atoms with van der Waals surface area (Å²) in [5.41, 5.74) is 0.642. The third-order valence-electron chi connectivity index (χ3n) is 3.57. The molecule has 1 aromatic rings. The molecule has 19 heavy (non-hydrogen) atoms. The highest BCUT2D eigenvalue weighted by Crippen LogP contribution is 2.20. The summed E-state index contributed by atoms with van der Waals surface area (Å²) in [6, 6.07) is 6.82. The van der Waals surface area contributed by atoms with Gasteiger partial charge in [-0.2, -0.15) is 0 Å². The minimum absolute atomic E-state index is 0.187. The second kappa shape index (κ2) is 6.55. The van der Waals surface area contributed by atoms with Crippen molar-refractivity contribution in [3.63, 3.8) is 0 Å². The molecule has 0 N–H and O–H groups in total. The predicted molar refractivity (Wildman–Crippen MR) is 74.7 cm³/mol. The Morgan fingerprint density at radius 3 is 2.53 bits per heavy atom. The fraction of sp³-hybridized carbons (Fsp3) is 0.533. The van der Waals surface area contributed by atoms with Gasteiger partial charge in [0.05, 0.1) is 5.69 Å². The van der Waals surface area contributed by atoms with Crippen LogP contribution in [0.2, 0.25) is 0 Å². The van der Waals surface area contributed by atoms with Gasteiger partial charge in [-0.15, -0.1) is 0 Å². The number of halogens is 1. The number of unbranched alkanes of at least 4 members (excludes halogenated alkanes) is 1. The monoisotopic (exact) mass is 264 g/mol. The summed E-state index contributed by atoms with van der Waals surface area (Å²) in [4.78, 5) is 15.8. The van der Waals surface area contributed by atoms with Crippen molar-refractivity contribution in [3.8, 4) is 0 Å². The molecular weight excluding hydrogens is 243 g/mol. The Morgan fingerprint density at radius 2 is 1.89 bits per heavy atom. The Morgan fingerprint density at radius 1 is 1.21 bits per heavy atom. The van der Waals surface area contributed by atoms with Gasteiger partial charge < -0.3 is 9.80 Å². The molecule has 1 amide bonds. The Kier molecular flexibility index (Phi) is 4.77. The molecule has 2 rings (SSSR count). The first-order chi connectivity index (χ1) is 9.22. The molecule has 1 aromatic carbocycles. The van der Waals surface area contributed by atoms with E-state index in [4.69, 9.17) is 0 Å². The van der Waals surface area contributed by atoms with Crippen LogP contribution in [0.4, 0.5) is 10.1 Å². The van der Waals surface area contributed by atoms with E-state index in [0.29, 0.717) is 38.3 Å². The molecule has 3 nitrogen and oxygen atoms in total. The summed E-state index contributed by atoms with van der Waals surface area (Å²) in [5.74, 6) is 0.0447. The summed E-state index contributed by atoms with van der Waals surface area (Å²) in [5, 5.41) is 0. The van der Waals surface area contributed by atoms with Crippen LogP contribution in [0.15, 0.2) is 24.3 Å². The van der Waals surface area contributed by atoms with Crippen molar-refractivity contribution in [3.05, 3.63) is 30.1 Å². The number of hydrogen-bond donors (Lipinski definition) is 0. The molecule has 0 bridgehead atoms. The molecule has 1 aliphatic heterocycles. The number of anilines is 1. The van der Waals surface area contributed by atoms with Crippen LogP contribution in [0.3, 0.4) is 0 Å². The first kappa shape index (κ1) is 13.8. The molecular formula is C15H21FN2O. The fourth-order valence-corrected chi connectivity index (χ4v) is 2.39.